The standard InChI is InChI=1S/C15H13O3P.2C2H6/c1-19(18,14(16)12-8-4-2-5-9-12)15(17)13-10-6-3-7-11-13;2*1-2/h2-11H,1H3;2*1-2H3. The molecule has 0 aliphatic heterocycles. The summed E-state index contributed by atoms with van der Waals surface area (Å²) in [5.41, 5.74) is -0.584. The van der Waals surface area contributed by atoms with Crippen LogP contribution >= 0.6 is 7.14 Å². The molecule has 0 heterocycles. The van der Waals surface area contributed by atoms with Crippen molar-refractivity contribution in [3.63, 3.8) is 0 Å². The molecule has 0 spiro atoms. The zero-order valence-corrected chi connectivity index (χ0v) is 15.3. The van der Waals surface area contributed by atoms with Crippen LogP contribution in [0.4, 0.5) is 0 Å². The van der Waals surface area contributed by atoms with Crippen LogP contribution in [0, 0.1) is 0 Å². The molecule has 0 aromatic heterocycles. The normalized spacial score (nSPS) is 9.61. The van der Waals surface area contributed by atoms with Crippen molar-refractivity contribution >= 4 is 18.2 Å². The van der Waals surface area contributed by atoms with Crippen LogP contribution in [0.15, 0.2) is 60.7 Å². The number of hydrogen-bond acceptors (Lipinski definition) is 3. The Morgan fingerprint density at radius 2 is 0.913 bits per heavy atom. The summed E-state index contributed by atoms with van der Waals surface area (Å²) in [6, 6.07) is 16.5. The van der Waals surface area contributed by atoms with E-state index >= 15 is 0 Å². The third kappa shape index (κ3) is 5.61. The highest BCUT2D eigenvalue weighted by molar-refractivity contribution is 7.94. The van der Waals surface area contributed by atoms with Crippen molar-refractivity contribution in [2.45, 2.75) is 27.7 Å². The van der Waals surface area contributed by atoms with Gasteiger partial charge in [0.1, 0.15) is 0 Å². The molecule has 0 atom stereocenters. The van der Waals surface area contributed by atoms with E-state index in [1.165, 1.54) is 6.66 Å². The van der Waals surface area contributed by atoms with Crippen LogP contribution in [0.25, 0.3) is 0 Å². The summed E-state index contributed by atoms with van der Waals surface area (Å²) in [7, 11) is -3.60. The van der Waals surface area contributed by atoms with E-state index in [9.17, 15) is 14.2 Å². The number of carbonyl (C=O) groups is 2. The Kier molecular flexibility index (Phi) is 9.76. The molecule has 2 aromatic rings. The highest BCUT2D eigenvalue weighted by Crippen LogP contribution is 2.47. The largest absolute Gasteiger partial charge is 0.307 e. The molecule has 4 heteroatoms. The number of benzene rings is 2. The summed E-state index contributed by atoms with van der Waals surface area (Å²) in [5, 5.41) is 0. The first-order valence-corrected chi connectivity index (χ1v) is 9.96. The fourth-order valence-electron chi connectivity index (χ4n) is 1.75. The summed E-state index contributed by atoms with van der Waals surface area (Å²) in [5.74, 6) is 0. The van der Waals surface area contributed by atoms with Crippen LogP contribution in [-0.4, -0.2) is 17.7 Å². The van der Waals surface area contributed by atoms with Crippen LogP contribution < -0.4 is 0 Å². The van der Waals surface area contributed by atoms with E-state index in [1.54, 1.807) is 60.7 Å². The molecular formula is C19H25O3P. The minimum absolute atomic E-state index is 0.303. The van der Waals surface area contributed by atoms with Gasteiger partial charge in [-0.1, -0.05) is 88.4 Å². The molecule has 0 N–H and O–H groups in total. The van der Waals surface area contributed by atoms with E-state index in [-0.39, 0.29) is 0 Å². The van der Waals surface area contributed by atoms with E-state index in [0.717, 1.165) is 0 Å². The molecule has 2 aromatic carbocycles. The zero-order valence-electron chi connectivity index (χ0n) is 14.4. The van der Waals surface area contributed by atoms with Crippen molar-refractivity contribution in [3.05, 3.63) is 71.8 Å². The molecule has 2 rings (SSSR count). The molecule has 0 saturated carbocycles. The second kappa shape index (κ2) is 10.7. The van der Waals surface area contributed by atoms with E-state index < -0.39 is 18.2 Å². The fraction of sp³-hybridized carbons (Fsp3) is 0.263. The van der Waals surface area contributed by atoms with Crippen molar-refractivity contribution < 1.29 is 14.2 Å². The van der Waals surface area contributed by atoms with E-state index in [0.29, 0.717) is 11.1 Å². The summed E-state index contributed by atoms with van der Waals surface area (Å²) >= 11 is 0. The Hall–Kier alpha value is -1.99. The van der Waals surface area contributed by atoms with E-state index in [1.807, 2.05) is 27.7 Å². The molecule has 0 aliphatic rings. The van der Waals surface area contributed by atoms with Gasteiger partial charge in [-0.2, -0.15) is 0 Å². The van der Waals surface area contributed by atoms with Crippen LogP contribution in [0.5, 0.6) is 0 Å². The molecule has 0 aliphatic carbocycles. The quantitative estimate of drug-likeness (QED) is 0.674. The Labute approximate surface area is 139 Å². The molecule has 0 fully saturated rings. The third-order valence-electron chi connectivity index (χ3n) is 2.82. The van der Waals surface area contributed by atoms with E-state index in [4.69, 9.17) is 0 Å². The topological polar surface area (TPSA) is 51.2 Å². The second-order valence-electron chi connectivity index (χ2n) is 4.27. The van der Waals surface area contributed by atoms with Gasteiger partial charge >= 0.3 is 0 Å². The van der Waals surface area contributed by atoms with Gasteiger partial charge in [0.15, 0.2) is 0 Å². The highest BCUT2D eigenvalue weighted by Gasteiger charge is 2.35. The zero-order chi connectivity index (χ0) is 17.9. The van der Waals surface area contributed by atoms with Crippen molar-refractivity contribution in [2.75, 3.05) is 6.66 Å². The molecule has 3 nitrogen and oxygen atoms in total. The molecular weight excluding hydrogens is 307 g/mol. The van der Waals surface area contributed by atoms with Gasteiger partial charge in [-0.15, -0.1) is 0 Å². The SMILES string of the molecule is CC.CC.CP(=O)(C(=O)c1ccccc1)C(=O)c1ccccc1. The molecule has 0 bridgehead atoms. The summed E-state index contributed by atoms with van der Waals surface area (Å²) < 4.78 is 12.5. The predicted octanol–water partition coefficient (Wildman–Crippen LogP) is 5.71. The van der Waals surface area contributed by atoms with Gasteiger partial charge < -0.3 is 4.57 Å². The van der Waals surface area contributed by atoms with Crippen molar-refractivity contribution in [1.82, 2.24) is 0 Å². The van der Waals surface area contributed by atoms with Crippen LogP contribution in [0.1, 0.15) is 48.4 Å². The minimum Gasteiger partial charge on any atom is -0.307 e. The summed E-state index contributed by atoms with van der Waals surface area (Å²) in [4.78, 5) is 24.4. The fourth-order valence-corrected chi connectivity index (χ4v) is 3.21. The van der Waals surface area contributed by atoms with Crippen LogP contribution in [0.3, 0.4) is 0 Å². The molecule has 124 valence electrons. The van der Waals surface area contributed by atoms with Gasteiger partial charge in [0.2, 0.25) is 18.2 Å². The first-order valence-electron chi connectivity index (χ1n) is 7.81. The van der Waals surface area contributed by atoms with Crippen LogP contribution in [0.2, 0.25) is 0 Å². The predicted molar refractivity (Wildman–Crippen MR) is 97.8 cm³/mol. The minimum atomic E-state index is -3.60. The van der Waals surface area contributed by atoms with Gasteiger partial charge in [0, 0.05) is 17.8 Å². The Balaban J connectivity index is 0.00000112. The van der Waals surface area contributed by atoms with Crippen molar-refractivity contribution in [1.29, 1.82) is 0 Å². The maximum Gasteiger partial charge on any atom is 0.228 e. The lowest BCUT2D eigenvalue weighted by atomic mass is 10.2. The molecule has 0 radical (unpaired) electrons. The lowest BCUT2D eigenvalue weighted by Crippen LogP contribution is -2.09. The van der Waals surface area contributed by atoms with Gasteiger partial charge in [-0.25, -0.2) is 0 Å². The first-order chi connectivity index (χ1) is 11.0. The van der Waals surface area contributed by atoms with Gasteiger partial charge in [-0.3, -0.25) is 9.59 Å². The Morgan fingerprint density at radius 1 is 0.652 bits per heavy atom. The Bertz CT molecular complexity index is 593. The van der Waals surface area contributed by atoms with Crippen molar-refractivity contribution in [3.8, 4) is 0 Å². The van der Waals surface area contributed by atoms with Crippen molar-refractivity contribution in [2.24, 2.45) is 0 Å². The van der Waals surface area contributed by atoms with E-state index in [2.05, 4.69) is 0 Å². The summed E-state index contributed by atoms with van der Waals surface area (Å²) in [6.07, 6.45) is 0. The maximum atomic E-state index is 12.5. The summed E-state index contributed by atoms with van der Waals surface area (Å²) in [6.45, 7) is 9.23. The van der Waals surface area contributed by atoms with Gasteiger partial charge in [0.25, 0.3) is 0 Å². The Morgan fingerprint density at radius 3 is 1.17 bits per heavy atom. The number of rotatable bonds is 4. The molecule has 0 saturated heterocycles. The number of hydrogen-bond donors (Lipinski definition) is 0. The van der Waals surface area contributed by atoms with Crippen LogP contribution in [-0.2, 0) is 4.57 Å². The lowest BCUT2D eigenvalue weighted by molar-refractivity contribution is 0.103. The molecule has 0 unspecified atom stereocenters. The molecule has 23 heavy (non-hydrogen) atoms. The van der Waals surface area contributed by atoms with Gasteiger partial charge in [-0.05, 0) is 0 Å². The van der Waals surface area contributed by atoms with Gasteiger partial charge in [0.05, 0.1) is 0 Å². The highest BCUT2D eigenvalue weighted by atomic mass is 31.2. The average molecular weight is 332 g/mol. The molecule has 0 amide bonds. The monoisotopic (exact) mass is 332 g/mol. The maximum absolute atomic E-state index is 12.5. The lowest BCUT2D eigenvalue weighted by Gasteiger charge is -2.10. The smallest absolute Gasteiger partial charge is 0.228 e. The first kappa shape index (κ1) is 21.0. The second-order valence-corrected chi connectivity index (χ2v) is 6.93. The number of carbonyl (C=O) groups excluding carboxylic acids is 2. The average Bonchev–Trinajstić information content (AvgIpc) is 2.65. The third-order valence-corrected chi connectivity index (χ3v) is 4.88.